The summed E-state index contributed by atoms with van der Waals surface area (Å²) >= 11 is 0. The highest BCUT2D eigenvalue weighted by molar-refractivity contribution is 7.89. The molecule has 0 amide bonds. The van der Waals surface area contributed by atoms with Crippen LogP contribution in [-0.4, -0.2) is 39.5 Å². The molecular formula is C15H22F2N2O2S. The van der Waals surface area contributed by atoms with Crippen LogP contribution in [0.15, 0.2) is 23.1 Å². The molecule has 124 valence electrons. The number of hydrogen-bond acceptors (Lipinski definition) is 3. The summed E-state index contributed by atoms with van der Waals surface area (Å²) in [5, 5.41) is 0. The number of halogens is 2. The average Bonchev–Trinajstić information content (AvgIpc) is 2.46. The van der Waals surface area contributed by atoms with Gasteiger partial charge in [-0.2, -0.15) is 0 Å². The Labute approximate surface area is 130 Å². The van der Waals surface area contributed by atoms with E-state index in [1.165, 1.54) is 12.8 Å². The lowest BCUT2D eigenvalue weighted by Crippen LogP contribution is -2.36. The Hall–Kier alpha value is -1.05. The third kappa shape index (κ3) is 4.72. The fourth-order valence-corrected chi connectivity index (χ4v) is 3.92. The minimum atomic E-state index is -4.01. The standard InChI is InChI=1S/C15H22F2N2O2S/c1-12-4-2-8-19(11-12)9-3-7-18-22(20,21)15-10-13(16)5-6-14(15)17/h5-6,10,12,18H,2-4,7-9,11H2,1H3. The van der Waals surface area contributed by atoms with Crippen molar-refractivity contribution >= 4 is 10.0 Å². The summed E-state index contributed by atoms with van der Waals surface area (Å²) in [5.41, 5.74) is 0. The quantitative estimate of drug-likeness (QED) is 0.814. The van der Waals surface area contributed by atoms with Gasteiger partial charge in [0.15, 0.2) is 0 Å². The van der Waals surface area contributed by atoms with Gasteiger partial charge in [-0.15, -0.1) is 0 Å². The summed E-state index contributed by atoms with van der Waals surface area (Å²) in [4.78, 5) is 1.67. The lowest BCUT2D eigenvalue weighted by atomic mass is 10.0. The molecule has 1 heterocycles. The molecule has 2 rings (SSSR count). The Morgan fingerprint density at radius 3 is 2.86 bits per heavy atom. The maximum Gasteiger partial charge on any atom is 0.243 e. The van der Waals surface area contributed by atoms with Gasteiger partial charge in [0.05, 0.1) is 0 Å². The third-order valence-electron chi connectivity index (χ3n) is 3.87. The van der Waals surface area contributed by atoms with Crippen molar-refractivity contribution in [3.05, 3.63) is 29.8 Å². The normalized spacial score (nSPS) is 20.2. The second kappa shape index (κ2) is 7.48. The predicted molar refractivity (Wildman–Crippen MR) is 81.0 cm³/mol. The van der Waals surface area contributed by atoms with Gasteiger partial charge in [0.25, 0.3) is 0 Å². The smallest absolute Gasteiger partial charge is 0.243 e. The summed E-state index contributed by atoms with van der Waals surface area (Å²) in [6, 6.07) is 2.41. The molecule has 1 atom stereocenters. The van der Waals surface area contributed by atoms with E-state index in [0.717, 1.165) is 31.8 Å². The molecule has 0 spiro atoms. The Balaban J connectivity index is 1.84. The summed E-state index contributed by atoms with van der Waals surface area (Å²) in [6.07, 6.45) is 3.05. The minimum absolute atomic E-state index is 0.211. The highest BCUT2D eigenvalue weighted by Gasteiger charge is 2.20. The largest absolute Gasteiger partial charge is 0.303 e. The topological polar surface area (TPSA) is 49.4 Å². The van der Waals surface area contributed by atoms with Crippen LogP contribution in [0, 0.1) is 17.6 Å². The SMILES string of the molecule is CC1CCCN(CCCNS(=O)(=O)c2cc(F)ccc2F)C1. The van der Waals surface area contributed by atoms with Crippen molar-refractivity contribution in [2.24, 2.45) is 5.92 Å². The van der Waals surface area contributed by atoms with Gasteiger partial charge < -0.3 is 4.90 Å². The third-order valence-corrected chi connectivity index (χ3v) is 5.34. The van der Waals surface area contributed by atoms with Crippen molar-refractivity contribution in [3.63, 3.8) is 0 Å². The maximum absolute atomic E-state index is 13.5. The predicted octanol–water partition coefficient (Wildman–Crippen LogP) is 2.37. The number of likely N-dealkylation sites (tertiary alicyclic amines) is 1. The van der Waals surface area contributed by atoms with Crippen LogP contribution >= 0.6 is 0 Å². The molecule has 0 saturated carbocycles. The lowest BCUT2D eigenvalue weighted by Gasteiger charge is -2.30. The van der Waals surface area contributed by atoms with Crippen LogP contribution in [0.25, 0.3) is 0 Å². The average molecular weight is 332 g/mol. The molecule has 0 aliphatic carbocycles. The van der Waals surface area contributed by atoms with Crippen LogP contribution in [0.3, 0.4) is 0 Å². The zero-order valence-electron chi connectivity index (χ0n) is 12.7. The Morgan fingerprint density at radius 2 is 2.14 bits per heavy atom. The number of benzene rings is 1. The first kappa shape index (κ1) is 17.3. The molecule has 1 unspecified atom stereocenters. The first-order valence-electron chi connectivity index (χ1n) is 7.55. The molecular weight excluding hydrogens is 310 g/mol. The molecule has 1 N–H and O–H groups in total. The minimum Gasteiger partial charge on any atom is -0.303 e. The number of nitrogens with one attached hydrogen (secondary N) is 1. The number of rotatable bonds is 6. The molecule has 1 aliphatic heterocycles. The van der Waals surface area contributed by atoms with Crippen molar-refractivity contribution < 1.29 is 17.2 Å². The number of hydrogen-bond donors (Lipinski definition) is 1. The molecule has 1 aromatic rings. The van der Waals surface area contributed by atoms with Crippen LogP contribution < -0.4 is 4.72 Å². The number of nitrogens with zero attached hydrogens (tertiary/aromatic N) is 1. The summed E-state index contributed by atoms with van der Waals surface area (Å²) < 4.78 is 52.9. The van der Waals surface area contributed by atoms with Crippen molar-refractivity contribution in [1.82, 2.24) is 9.62 Å². The van der Waals surface area contributed by atoms with Crippen molar-refractivity contribution in [2.75, 3.05) is 26.2 Å². The van der Waals surface area contributed by atoms with Gasteiger partial charge in [-0.1, -0.05) is 6.92 Å². The number of sulfonamides is 1. The molecule has 0 bridgehead atoms. The molecule has 1 fully saturated rings. The van der Waals surface area contributed by atoms with E-state index >= 15 is 0 Å². The molecule has 0 aromatic heterocycles. The Bertz CT molecular complexity index is 608. The molecule has 1 aromatic carbocycles. The molecule has 22 heavy (non-hydrogen) atoms. The second-order valence-corrected chi connectivity index (χ2v) is 7.61. The van der Waals surface area contributed by atoms with Gasteiger partial charge in [0.1, 0.15) is 16.5 Å². The molecule has 7 heteroatoms. The first-order chi connectivity index (χ1) is 10.4. The van der Waals surface area contributed by atoms with E-state index in [-0.39, 0.29) is 6.54 Å². The van der Waals surface area contributed by atoms with Gasteiger partial charge in [0, 0.05) is 13.1 Å². The van der Waals surface area contributed by atoms with E-state index in [9.17, 15) is 17.2 Å². The fraction of sp³-hybridized carbons (Fsp3) is 0.600. The monoisotopic (exact) mass is 332 g/mol. The number of piperidine rings is 1. The fourth-order valence-electron chi connectivity index (χ4n) is 2.76. The van der Waals surface area contributed by atoms with E-state index in [0.29, 0.717) is 18.4 Å². The van der Waals surface area contributed by atoms with Crippen molar-refractivity contribution in [3.8, 4) is 0 Å². The summed E-state index contributed by atoms with van der Waals surface area (Å²) in [7, 11) is -4.01. The van der Waals surface area contributed by atoms with Gasteiger partial charge >= 0.3 is 0 Å². The summed E-state index contributed by atoms with van der Waals surface area (Å²) in [5.74, 6) is -1.05. The second-order valence-electron chi connectivity index (χ2n) is 5.87. The van der Waals surface area contributed by atoms with E-state index in [4.69, 9.17) is 0 Å². The van der Waals surface area contributed by atoms with Gasteiger partial charge in [-0.05, 0) is 56.5 Å². The summed E-state index contributed by atoms with van der Waals surface area (Å²) in [6.45, 7) is 5.30. The van der Waals surface area contributed by atoms with Crippen LogP contribution in [0.5, 0.6) is 0 Å². The van der Waals surface area contributed by atoms with Gasteiger partial charge in [-0.25, -0.2) is 21.9 Å². The zero-order chi connectivity index (χ0) is 16.2. The van der Waals surface area contributed by atoms with Crippen LogP contribution in [0.4, 0.5) is 8.78 Å². The van der Waals surface area contributed by atoms with Gasteiger partial charge in [0.2, 0.25) is 10.0 Å². The van der Waals surface area contributed by atoms with E-state index in [1.54, 1.807) is 0 Å². The maximum atomic E-state index is 13.5. The van der Waals surface area contributed by atoms with E-state index in [1.807, 2.05) is 0 Å². The lowest BCUT2D eigenvalue weighted by molar-refractivity contribution is 0.182. The first-order valence-corrected chi connectivity index (χ1v) is 9.04. The molecule has 1 saturated heterocycles. The molecule has 0 radical (unpaired) electrons. The van der Waals surface area contributed by atoms with Crippen molar-refractivity contribution in [2.45, 2.75) is 31.1 Å². The van der Waals surface area contributed by atoms with Crippen LogP contribution in [-0.2, 0) is 10.0 Å². The zero-order valence-corrected chi connectivity index (χ0v) is 13.5. The highest BCUT2D eigenvalue weighted by atomic mass is 32.2. The molecule has 1 aliphatic rings. The van der Waals surface area contributed by atoms with Gasteiger partial charge in [-0.3, -0.25) is 0 Å². The van der Waals surface area contributed by atoms with E-state index < -0.39 is 26.6 Å². The Kier molecular flexibility index (Phi) is 5.88. The molecule has 4 nitrogen and oxygen atoms in total. The Morgan fingerprint density at radius 1 is 1.36 bits per heavy atom. The van der Waals surface area contributed by atoms with Crippen molar-refractivity contribution in [1.29, 1.82) is 0 Å². The van der Waals surface area contributed by atoms with Crippen LogP contribution in [0.2, 0.25) is 0 Å². The van der Waals surface area contributed by atoms with E-state index in [2.05, 4.69) is 16.5 Å². The highest BCUT2D eigenvalue weighted by Crippen LogP contribution is 2.16. The van der Waals surface area contributed by atoms with Crippen LogP contribution in [0.1, 0.15) is 26.2 Å².